The minimum atomic E-state index is -1.78. The average molecular weight is 672 g/mol. The number of aldehydes is 1. The van der Waals surface area contributed by atoms with Crippen LogP contribution >= 0.6 is 22.7 Å². The number of carbonyl (C=O) groups is 4. The Bertz CT molecular complexity index is 1650. The van der Waals surface area contributed by atoms with Gasteiger partial charge in [-0.05, 0) is 116 Å². The Morgan fingerprint density at radius 3 is 2.15 bits per heavy atom. The lowest BCUT2D eigenvalue weighted by atomic mass is 9.61. The van der Waals surface area contributed by atoms with Crippen LogP contribution in [0.2, 0.25) is 0 Å². The molecule has 2 fully saturated rings. The van der Waals surface area contributed by atoms with Crippen LogP contribution < -0.4 is 10.2 Å². The summed E-state index contributed by atoms with van der Waals surface area (Å²) in [5, 5.41) is 18.0. The van der Waals surface area contributed by atoms with Crippen LogP contribution in [0.15, 0.2) is 83.6 Å². The second-order valence-corrected chi connectivity index (χ2v) is 14.3. The van der Waals surface area contributed by atoms with Crippen LogP contribution in [0.3, 0.4) is 0 Å². The van der Waals surface area contributed by atoms with E-state index in [9.17, 15) is 24.3 Å². The summed E-state index contributed by atoms with van der Waals surface area (Å²) in [4.78, 5) is 54.8. The molecule has 0 atom stereocenters. The molecule has 11 heteroatoms. The van der Waals surface area contributed by atoms with E-state index in [-0.39, 0.29) is 23.3 Å². The lowest BCUT2D eigenvalue weighted by Crippen LogP contribution is -2.52. The first kappa shape index (κ1) is 32.8. The molecular weight excluding hydrogens is 635 g/mol. The highest BCUT2D eigenvalue weighted by Crippen LogP contribution is 2.51. The average Bonchev–Trinajstić information content (AvgIpc) is 3.83. The van der Waals surface area contributed by atoms with Crippen molar-refractivity contribution >= 4 is 58.1 Å². The maximum absolute atomic E-state index is 13.3. The summed E-state index contributed by atoms with van der Waals surface area (Å²) in [6.45, 7) is 2.43. The normalized spacial score (nSPS) is 16.3. The molecule has 6 rings (SSSR count). The lowest BCUT2D eigenvalue weighted by molar-refractivity contribution is -0.181. The van der Waals surface area contributed by atoms with Gasteiger partial charge in [-0.1, -0.05) is 12.1 Å². The van der Waals surface area contributed by atoms with E-state index >= 15 is 0 Å². The molecule has 1 saturated carbocycles. The number of carbonyl (C=O) groups excluding carboxylic acids is 4. The Hall–Kier alpha value is -4.16. The molecule has 2 aromatic carbocycles. The van der Waals surface area contributed by atoms with Gasteiger partial charge < -0.3 is 25.0 Å². The number of thiophene rings is 2. The molecule has 0 bridgehead atoms. The summed E-state index contributed by atoms with van der Waals surface area (Å²) in [6.07, 6.45) is 4.47. The van der Waals surface area contributed by atoms with E-state index in [0.717, 1.165) is 45.1 Å². The summed E-state index contributed by atoms with van der Waals surface area (Å²) in [7, 11) is 1.74. The third-order valence-electron chi connectivity index (χ3n) is 9.40. The van der Waals surface area contributed by atoms with Crippen molar-refractivity contribution in [1.82, 2.24) is 4.90 Å². The fraction of sp³-hybridized carbons (Fsp3) is 0.333. The number of aliphatic hydroxyl groups is 1. The number of hydrogen-bond acceptors (Lipinski definition) is 9. The Morgan fingerprint density at radius 1 is 0.979 bits per heavy atom. The van der Waals surface area contributed by atoms with E-state index in [0.29, 0.717) is 45.2 Å². The molecule has 4 aromatic rings. The number of anilines is 2. The Labute approximate surface area is 281 Å². The van der Waals surface area contributed by atoms with Crippen LogP contribution in [-0.2, 0) is 19.9 Å². The van der Waals surface area contributed by atoms with Crippen LogP contribution in [0.5, 0.6) is 0 Å². The van der Waals surface area contributed by atoms with E-state index in [1.165, 1.54) is 22.7 Å². The van der Waals surface area contributed by atoms with Crippen LogP contribution in [0.25, 0.3) is 0 Å². The molecule has 1 aliphatic heterocycles. The monoisotopic (exact) mass is 671 g/mol. The second kappa shape index (κ2) is 13.9. The molecule has 0 unspecified atom stereocenters. The van der Waals surface area contributed by atoms with Gasteiger partial charge in [-0.25, -0.2) is 4.79 Å². The number of hydrogen-bond donors (Lipinski definition) is 2. The zero-order valence-corrected chi connectivity index (χ0v) is 27.7. The smallest absolute Gasteiger partial charge is 0.349 e. The molecule has 3 heterocycles. The molecule has 2 N–H and O–H groups in total. The Kier molecular flexibility index (Phi) is 9.70. The highest BCUT2D eigenvalue weighted by atomic mass is 32.1. The molecule has 2 aliphatic rings. The number of piperidine rings is 1. The number of nitrogens with one attached hydrogen (secondary N) is 1. The number of nitrogens with zero attached hydrogens (tertiary/aromatic N) is 2. The van der Waals surface area contributed by atoms with Crippen molar-refractivity contribution in [2.75, 3.05) is 36.9 Å². The van der Waals surface area contributed by atoms with Crippen molar-refractivity contribution in [3.8, 4) is 0 Å². The summed E-state index contributed by atoms with van der Waals surface area (Å²) in [6, 6.07) is 20.7. The molecule has 1 aliphatic carbocycles. The van der Waals surface area contributed by atoms with Gasteiger partial charge in [0.25, 0.3) is 5.91 Å². The quantitative estimate of drug-likeness (QED) is 0.150. The van der Waals surface area contributed by atoms with Gasteiger partial charge in [-0.15, -0.1) is 22.7 Å². The zero-order chi connectivity index (χ0) is 33.0. The summed E-state index contributed by atoms with van der Waals surface area (Å²) in [5.41, 5.74) is 0.654. The highest BCUT2D eigenvalue weighted by molar-refractivity contribution is 7.12. The van der Waals surface area contributed by atoms with Crippen molar-refractivity contribution in [2.24, 2.45) is 5.41 Å². The van der Waals surface area contributed by atoms with Crippen LogP contribution in [0.1, 0.15) is 62.6 Å². The number of benzene rings is 2. The predicted octanol–water partition coefficient (Wildman–Crippen LogP) is 5.95. The summed E-state index contributed by atoms with van der Waals surface area (Å²) < 4.78 is 5.88. The van der Waals surface area contributed by atoms with Crippen LogP contribution in [0.4, 0.5) is 11.4 Å². The standard InChI is InChI=1S/C36H37N3O6S2/c1-38(28-12-8-26(9-13-28)33(42)37-27-10-6-25(24-40)7-11-27)32(41)14-17-39-18-15-35(16-19-39)22-29(23-35)45-34(43)36(44,30-4-2-20-46-30)31-5-3-21-47-31/h2-13,20-21,24,29,44H,14-19,22-23H2,1H3,(H,37,42). The molecule has 2 aromatic heterocycles. The maximum Gasteiger partial charge on any atom is 0.349 e. The minimum Gasteiger partial charge on any atom is -0.460 e. The Balaban J connectivity index is 0.934. The van der Waals surface area contributed by atoms with Gasteiger partial charge >= 0.3 is 5.97 Å². The molecule has 9 nitrogen and oxygen atoms in total. The highest BCUT2D eigenvalue weighted by Gasteiger charge is 2.51. The van der Waals surface area contributed by atoms with Gasteiger partial charge in [-0.2, -0.15) is 0 Å². The van der Waals surface area contributed by atoms with E-state index in [1.807, 2.05) is 22.9 Å². The molecule has 1 spiro atoms. The van der Waals surface area contributed by atoms with E-state index < -0.39 is 11.6 Å². The van der Waals surface area contributed by atoms with Gasteiger partial charge in [0.1, 0.15) is 12.4 Å². The van der Waals surface area contributed by atoms with Crippen molar-refractivity contribution < 1.29 is 29.0 Å². The SMILES string of the molecule is CN(C(=O)CCN1CCC2(CC1)CC(OC(=O)C(O)(c1cccs1)c1cccs1)C2)c1ccc(C(=O)Nc2ccc(C=O)cc2)cc1. The van der Waals surface area contributed by atoms with E-state index in [4.69, 9.17) is 4.74 Å². The molecule has 1 saturated heterocycles. The van der Waals surface area contributed by atoms with Gasteiger partial charge in [0.2, 0.25) is 11.5 Å². The number of rotatable bonds is 11. The van der Waals surface area contributed by atoms with Crippen molar-refractivity contribution in [2.45, 2.75) is 43.8 Å². The van der Waals surface area contributed by atoms with Crippen molar-refractivity contribution in [1.29, 1.82) is 0 Å². The third-order valence-corrected chi connectivity index (χ3v) is 11.4. The van der Waals surface area contributed by atoms with Crippen LogP contribution in [-0.4, -0.2) is 66.9 Å². The first-order chi connectivity index (χ1) is 22.7. The maximum atomic E-state index is 13.3. The topological polar surface area (TPSA) is 116 Å². The number of ether oxygens (including phenoxy) is 1. The molecule has 2 amide bonds. The fourth-order valence-corrected chi connectivity index (χ4v) is 8.14. The lowest BCUT2D eigenvalue weighted by Gasteiger charge is -2.51. The van der Waals surface area contributed by atoms with Gasteiger partial charge in [0.05, 0.1) is 9.75 Å². The van der Waals surface area contributed by atoms with Crippen LogP contribution in [0, 0.1) is 5.41 Å². The number of likely N-dealkylation sites (tertiary alicyclic amines) is 1. The zero-order valence-electron chi connectivity index (χ0n) is 26.1. The van der Waals surface area contributed by atoms with Gasteiger partial charge in [0.15, 0.2) is 0 Å². The first-order valence-corrected chi connectivity index (χ1v) is 17.4. The largest absolute Gasteiger partial charge is 0.460 e. The molecular formula is C36H37N3O6S2. The fourth-order valence-electron chi connectivity index (χ4n) is 6.43. The second-order valence-electron chi connectivity index (χ2n) is 12.4. The molecule has 47 heavy (non-hydrogen) atoms. The summed E-state index contributed by atoms with van der Waals surface area (Å²) in [5.74, 6) is -0.888. The van der Waals surface area contributed by atoms with E-state index in [2.05, 4.69) is 10.2 Å². The van der Waals surface area contributed by atoms with Gasteiger partial charge in [-0.3, -0.25) is 14.4 Å². The Morgan fingerprint density at radius 2 is 1.60 bits per heavy atom. The summed E-state index contributed by atoms with van der Waals surface area (Å²) >= 11 is 2.68. The third kappa shape index (κ3) is 7.08. The van der Waals surface area contributed by atoms with Gasteiger partial charge in [0, 0.05) is 42.5 Å². The molecule has 0 radical (unpaired) electrons. The minimum absolute atomic E-state index is 0.00246. The first-order valence-electron chi connectivity index (χ1n) is 15.7. The van der Waals surface area contributed by atoms with E-state index in [1.54, 1.807) is 72.6 Å². The molecule has 244 valence electrons. The number of amides is 2. The van der Waals surface area contributed by atoms with Crippen molar-refractivity contribution in [3.05, 3.63) is 104 Å². The number of esters is 1. The van der Waals surface area contributed by atoms with Crippen molar-refractivity contribution in [3.63, 3.8) is 0 Å². The predicted molar refractivity (Wildman–Crippen MR) is 183 cm³/mol.